The molecular weight excluding hydrogens is 281 g/mol. The van der Waals surface area contributed by atoms with Gasteiger partial charge in [0.05, 0.1) is 5.54 Å². The third kappa shape index (κ3) is 5.42. The van der Waals surface area contributed by atoms with Crippen molar-refractivity contribution in [2.75, 3.05) is 11.8 Å². The van der Waals surface area contributed by atoms with Crippen LogP contribution in [0, 0.1) is 0 Å². The Labute approximate surface area is 125 Å². The Morgan fingerprint density at radius 2 is 1.84 bits per heavy atom. The van der Waals surface area contributed by atoms with E-state index in [1.807, 2.05) is 25.1 Å². The molecule has 1 rings (SSSR count). The number of hydrogen-bond acceptors (Lipinski definition) is 1. The van der Waals surface area contributed by atoms with E-state index in [9.17, 15) is 4.79 Å². The van der Waals surface area contributed by atoms with Crippen molar-refractivity contribution in [2.45, 2.75) is 38.1 Å². The summed E-state index contributed by atoms with van der Waals surface area (Å²) in [6.45, 7) is 1.98. The number of benzene rings is 1. The quantitative estimate of drug-likeness (QED) is 0.728. The molecule has 0 spiro atoms. The summed E-state index contributed by atoms with van der Waals surface area (Å²) in [4.78, 5) is 11.9. The smallest absolute Gasteiger partial charge is 0.220 e. The van der Waals surface area contributed by atoms with Crippen LogP contribution < -0.4 is 5.32 Å². The van der Waals surface area contributed by atoms with E-state index in [-0.39, 0.29) is 5.91 Å². The Morgan fingerprint density at radius 1 is 1.21 bits per heavy atom. The third-order valence-corrected chi connectivity index (χ3v) is 4.33. The van der Waals surface area contributed by atoms with Crippen LogP contribution in [0.4, 0.5) is 0 Å². The van der Waals surface area contributed by atoms with Gasteiger partial charge in [0.25, 0.3) is 0 Å². The van der Waals surface area contributed by atoms with Gasteiger partial charge in [-0.2, -0.15) is 0 Å². The van der Waals surface area contributed by atoms with Gasteiger partial charge in [0.2, 0.25) is 5.91 Å². The molecule has 0 saturated carbocycles. The van der Waals surface area contributed by atoms with Gasteiger partial charge >= 0.3 is 0 Å². The number of aryl methyl sites for hydroxylation is 1. The summed E-state index contributed by atoms with van der Waals surface area (Å²) in [6.07, 6.45) is 2.99. The topological polar surface area (TPSA) is 29.1 Å². The molecule has 0 bridgehead atoms. The maximum Gasteiger partial charge on any atom is 0.220 e. The normalized spacial score (nSPS) is 11.3. The second-order valence-corrected chi connectivity index (χ2v) is 5.32. The molecule has 1 aromatic carbocycles. The number of carbonyl (C=O) groups is 1. The molecule has 0 atom stereocenters. The first kappa shape index (κ1) is 16.3. The van der Waals surface area contributed by atoms with E-state index in [0.717, 1.165) is 19.3 Å². The van der Waals surface area contributed by atoms with Crippen LogP contribution in [-0.2, 0) is 11.2 Å². The monoisotopic (exact) mass is 301 g/mol. The van der Waals surface area contributed by atoms with Gasteiger partial charge in [0.1, 0.15) is 0 Å². The van der Waals surface area contributed by atoms with Crippen molar-refractivity contribution in [3.63, 3.8) is 0 Å². The molecule has 0 radical (unpaired) electrons. The predicted molar refractivity (Wildman–Crippen MR) is 82.0 cm³/mol. The van der Waals surface area contributed by atoms with Crippen molar-refractivity contribution >= 4 is 29.1 Å². The molecule has 1 aromatic rings. The molecule has 0 heterocycles. The number of alkyl halides is 2. The average Bonchev–Trinajstić information content (AvgIpc) is 2.46. The molecule has 1 amide bonds. The summed E-state index contributed by atoms with van der Waals surface area (Å²) >= 11 is 11.8. The molecule has 2 nitrogen and oxygen atoms in total. The Morgan fingerprint density at radius 3 is 2.37 bits per heavy atom. The molecule has 4 heteroatoms. The van der Waals surface area contributed by atoms with Crippen molar-refractivity contribution in [2.24, 2.45) is 0 Å². The summed E-state index contributed by atoms with van der Waals surface area (Å²) in [7, 11) is 0. The summed E-state index contributed by atoms with van der Waals surface area (Å²) in [5, 5.41) is 2.96. The van der Waals surface area contributed by atoms with Gasteiger partial charge in [0, 0.05) is 18.2 Å². The summed E-state index contributed by atoms with van der Waals surface area (Å²) in [6, 6.07) is 10.2. The molecule has 0 aliphatic heterocycles. The number of hydrogen-bond donors (Lipinski definition) is 1. The van der Waals surface area contributed by atoms with Crippen molar-refractivity contribution in [3.05, 3.63) is 35.9 Å². The van der Waals surface area contributed by atoms with Gasteiger partial charge in [-0.15, -0.1) is 23.2 Å². The highest BCUT2D eigenvalue weighted by atomic mass is 35.5. The lowest BCUT2D eigenvalue weighted by Gasteiger charge is -2.29. The Balaban J connectivity index is 2.35. The van der Waals surface area contributed by atoms with Gasteiger partial charge in [-0.05, 0) is 24.8 Å². The minimum absolute atomic E-state index is 0.0269. The molecule has 0 aromatic heterocycles. The van der Waals surface area contributed by atoms with Crippen LogP contribution >= 0.6 is 23.2 Å². The zero-order valence-electron chi connectivity index (χ0n) is 11.3. The minimum Gasteiger partial charge on any atom is -0.348 e. The van der Waals surface area contributed by atoms with Crippen LogP contribution in [0.3, 0.4) is 0 Å². The van der Waals surface area contributed by atoms with E-state index in [4.69, 9.17) is 23.2 Å². The van der Waals surface area contributed by atoms with Gasteiger partial charge in [-0.25, -0.2) is 0 Å². The van der Waals surface area contributed by atoms with Crippen molar-refractivity contribution < 1.29 is 4.79 Å². The molecule has 1 N–H and O–H groups in total. The molecule has 0 saturated heterocycles. The first-order valence-corrected chi connectivity index (χ1v) is 7.69. The van der Waals surface area contributed by atoms with Crippen LogP contribution in [0.5, 0.6) is 0 Å². The number of halogens is 2. The fourth-order valence-electron chi connectivity index (χ4n) is 1.84. The Hall–Kier alpha value is -0.730. The van der Waals surface area contributed by atoms with Crippen LogP contribution in [0.2, 0.25) is 0 Å². The van der Waals surface area contributed by atoms with E-state index >= 15 is 0 Å². The molecule has 0 aliphatic rings. The van der Waals surface area contributed by atoms with E-state index in [0.29, 0.717) is 18.2 Å². The zero-order valence-corrected chi connectivity index (χ0v) is 12.8. The Kier molecular flexibility index (Phi) is 7.25. The summed E-state index contributed by atoms with van der Waals surface area (Å²) < 4.78 is 0. The maximum atomic E-state index is 11.9. The average molecular weight is 302 g/mol. The minimum atomic E-state index is -0.465. The molecule has 0 fully saturated rings. The standard InChI is InChI=1S/C15H21Cl2NO/c1-2-15(11-16,12-17)18-14(19)10-6-9-13-7-4-3-5-8-13/h3-5,7-8H,2,6,9-12H2,1H3,(H,18,19). The highest BCUT2D eigenvalue weighted by molar-refractivity contribution is 6.22. The number of rotatable bonds is 8. The first-order chi connectivity index (χ1) is 9.15. The maximum absolute atomic E-state index is 11.9. The van der Waals surface area contributed by atoms with E-state index in [1.54, 1.807) is 0 Å². The second-order valence-electron chi connectivity index (χ2n) is 4.79. The summed E-state index contributed by atoms with van der Waals surface area (Å²) in [5.41, 5.74) is 0.791. The molecular formula is C15H21Cl2NO. The van der Waals surface area contributed by atoms with E-state index in [1.165, 1.54) is 5.56 Å². The lowest BCUT2D eigenvalue weighted by Crippen LogP contribution is -2.51. The van der Waals surface area contributed by atoms with Crippen LogP contribution in [-0.4, -0.2) is 23.2 Å². The Bertz CT molecular complexity index is 369. The van der Waals surface area contributed by atoms with Gasteiger partial charge in [-0.3, -0.25) is 4.79 Å². The molecule has 106 valence electrons. The van der Waals surface area contributed by atoms with Crippen molar-refractivity contribution in [3.8, 4) is 0 Å². The SMILES string of the molecule is CCC(CCl)(CCl)NC(=O)CCCc1ccccc1. The van der Waals surface area contributed by atoms with Crippen LogP contribution in [0.1, 0.15) is 31.7 Å². The van der Waals surface area contributed by atoms with E-state index in [2.05, 4.69) is 17.4 Å². The van der Waals surface area contributed by atoms with Crippen molar-refractivity contribution in [1.82, 2.24) is 5.32 Å². The van der Waals surface area contributed by atoms with Gasteiger partial charge < -0.3 is 5.32 Å². The predicted octanol–water partition coefficient (Wildman–Crippen LogP) is 3.75. The lowest BCUT2D eigenvalue weighted by molar-refractivity contribution is -0.122. The second kappa shape index (κ2) is 8.44. The zero-order chi connectivity index (χ0) is 14.1. The number of amides is 1. The summed E-state index contributed by atoms with van der Waals surface area (Å²) in [5.74, 6) is 0.716. The number of nitrogens with one attached hydrogen (secondary N) is 1. The lowest BCUT2D eigenvalue weighted by atomic mass is 10.0. The first-order valence-electron chi connectivity index (χ1n) is 6.62. The highest BCUT2D eigenvalue weighted by Crippen LogP contribution is 2.15. The third-order valence-electron chi connectivity index (χ3n) is 3.31. The highest BCUT2D eigenvalue weighted by Gasteiger charge is 2.27. The van der Waals surface area contributed by atoms with E-state index < -0.39 is 5.54 Å². The van der Waals surface area contributed by atoms with Crippen molar-refractivity contribution in [1.29, 1.82) is 0 Å². The largest absolute Gasteiger partial charge is 0.348 e. The molecule has 0 aliphatic carbocycles. The van der Waals surface area contributed by atoms with Crippen LogP contribution in [0.15, 0.2) is 30.3 Å². The van der Waals surface area contributed by atoms with Crippen LogP contribution in [0.25, 0.3) is 0 Å². The molecule has 19 heavy (non-hydrogen) atoms. The fourth-order valence-corrected chi connectivity index (χ4v) is 2.63. The number of carbonyl (C=O) groups excluding carboxylic acids is 1. The fraction of sp³-hybridized carbons (Fsp3) is 0.533. The molecule has 0 unspecified atom stereocenters. The van der Waals surface area contributed by atoms with Gasteiger partial charge in [0.15, 0.2) is 0 Å². The van der Waals surface area contributed by atoms with Gasteiger partial charge in [-0.1, -0.05) is 37.3 Å².